The van der Waals surface area contributed by atoms with Crippen molar-refractivity contribution < 1.29 is 0 Å². The van der Waals surface area contributed by atoms with Crippen LogP contribution < -0.4 is 0 Å². The first-order valence-electron chi connectivity index (χ1n) is 5.17. The fraction of sp³-hybridized carbons (Fsp3) is 0.143. The van der Waals surface area contributed by atoms with Crippen molar-refractivity contribution in [2.24, 2.45) is 0 Å². The minimum absolute atomic E-state index is 1.03. The highest BCUT2D eigenvalue weighted by atomic mass is 32.1. The van der Waals surface area contributed by atoms with E-state index in [9.17, 15) is 0 Å². The van der Waals surface area contributed by atoms with E-state index < -0.39 is 0 Å². The highest BCUT2D eigenvalue weighted by Crippen LogP contribution is 2.26. The molecule has 2 heteroatoms. The third kappa shape index (κ3) is 2.28. The Bertz CT molecular complexity index is 481. The van der Waals surface area contributed by atoms with Gasteiger partial charge in [0.2, 0.25) is 0 Å². The zero-order valence-electron chi connectivity index (χ0n) is 9.36. The van der Waals surface area contributed by atoms with E-state index in [0.717, 1.165) is 9.79 Å². The number of benzene rings is 2. The first-order chi connectivity index (χ1) is 7.58. The van der Waals surface area contributed by atoms with Crippen molar-refractivity contribution in [2.45, 2.75) is 23.6 Å². The van der Waals surface area contributed by atoms with Crippen molar-refractivity contribution in [3.63, 3.8) is 0 Å². The second-order valence-corrected chi connectivity index (χ2v) is 4.97. The molecule has 0 bridgehead atoms. The number of thiol groups is 2. The zero-order chi connectivity index (χ0) is 11.7. The van der Waals surface area contributed by atoms with Crippen LogP contribution in [-0.4, -0.2) is 0 Å². The Labute approximate surface area is 108 Å². The quantitative estimate of drug-likeness (QED) is 0.678. The molecule has 0 radical (unpaired) electrons. The Kier molecular flexibility index (Phi) is 3.31. The van der Waals surface area contributed by atoms with Crippen LogP contribution >= 0.6 is 25.3 Å². The van der Waals surface area contributed by atoms with Gasteiger partial charge in [0.25, 0.3) is 0 Å². The summed E-state index contributed by atoms with van der Waals surface area (Å²) in [6, 6.07) is 12.6. The maximum absolute atomic E-state index is 4.38. The minimum Gasteiger partial charge on any atom is -0.143 e. The summed E-state index contributed by atoms with van der Waals surface area (Å²) >= 11 is 8.76. The van der Waals surface area contributed by atoms with Crippen molar-refractivity contribution in [2.75, 3.05) is 0 Å². The van der Waals surface area contributed by atoms with Gasteiger partial charge in [-0.15, -0.1) is 25.3 Å². The SMILES string of the molecule is Cc1cc(-c2ccc(S)c(C)c2)ccc1S. The summed E-state index contributed by atoms with van der Waals surface area (Å²) < 4.78 is 0. The number of hydrogen-bond acceptors (Lipinski definition) is 2. The van der Waals surface area contributed by atoms with Gasteiger partial charge in [-0.3, -0.25) is 0 Å². The van der Waals surface area contributed by atoms with E-state index in [1.165, 1.54) is 22.3 Å². The van der Waals surface area contributed by atoms with E-state index in [1.54, 1.807) is 0 Å². The zero-order valence-corrected chi connectivity index (χ0v) is 11.1. The molecule has 0 spiro atoms. The van der Waals surface area contributed by atoms with Crippen LogP contribution in [0.5, 0.6) is 0 Å². The van der Waals surface area contributed by atoms with Crippen LogP contribution in [0.1, 0.15) is 11.1 Å². The molecule has 0 nitrogen and oxygen atoms in total. The molecule has 2 aromatic carbocycles. The fourth-order valence-electron chi connectivity index (χ4n) is 1.67. The van der Waals surface area contributed by atoms with Crippen LogP contribution in [0, 0.1) is 13.8 Å². The lowest BCUT2D eigenvalue weighted by Gasteiger charge is -2.07. The Morgan fingerprint density at radius 3 is 1.38 bits per heavy atom. The van der Waals surface area contributed by atoms with Gasteiger partial charge in [0, 0.05) is 9.79 Å². The first kappa shape index (κ1) is 11.6. The summed E-state index contributed by atoms with van der Waals surface area (Å²) in [5.41, 5.74) is 4.86. The predicted molar refractivity (Wildman–Crippen MR) is 75.9 cm³/mol. The van der Waals surface area contributed by atoms with Gasteiger partial charge >= 0.3 is 0 Å². The van der Waals surface area contributed by atoms with Crippen molar-refractivity contribution in [3.8, 4) is 11.1 Å². The van der Waals surface area contributed by atoms with E-state index in [2.05, 4.69) is 63.4 Å². The summed E-state index contributed by atoms with van der Waals surface area (Å²) in [6.45, 7) is 4.15. The molecule has 0 atom stereocenters. The van der Waals surface area contributed by atoms with Gasteiger partial charge in [-0.05, 0) is 48.2 Å². The molecule has 0 aliphatic heterocycles. The molecule has 2 rings (SSSR count). The largest absolute Gasteiger partial charge is 0.143 e. The van der Waals surface area contributed by atoms with Crippen LogP contribution in [0.4, 0.5) is 0 Å². The molecule has 0 saturated heterocycles. The van der Waals surface area contributed by atoms with Gasteiger partial charge in [-0.1, -0.05) is 24.3 Å². The second kappa shape index (κ2) is 4.56. The third-order valence-corrected chi connectivity index (χ3v) is 3.73. The van der Waals surface area contributed by atoms with E-state index >= 15 is 0 Å². The molecule has 0 saturated carbocycles. The molecule has 0 aliphatic carbocycles. The summed E-state index contributed by atoms with van der Waals surface area (Å²) in [5, 5.41) is 0. The normalized spacial score (nSPS) is 10.5. The van der Waals surface area contributed by atoms with Crippen molar-refractivity contribution >= 4 is 25.3 Å². The monoisotopic (exact) mass is 246 g/mol. The second-order valence-electron chi connectivity index (χ2n) is 4.00. The van der Waals surface area contributed by atoms with E-state index in [1.807, 2.05) is 12.1 Å². The molecular formula is C14H14S2. The fourth-order valence-corrected chi connectivity index (χ4v) is 1.95. The van der Waals surface area contributed by atoms with E-state index in [-0.39, 0.29) is 0 Å². The van der Waals surface area contributed by atoms with Crippen LogP contribution in [-0.2, 0) is 0 Å². The topological polar surface area (TPSA) is 0 Å². The molecule has 0 N–H and O–H groups in total. The van der Waals surface area contributed by atoms with Gasteiger partial charge in [-0.25, -0.2) is 0 Å². The summed E-state index contributed by atoms with van der Waals surface area (Å²) in [6.07, 6.45) is 0. The van der Waals surface area contributed by atoms with E-state index in [0.29, 0.717) is 0 Å². The lowest BCUT2D eigenvalue weighted by molar-refractivity contribution is 1.29. The lowest BCUT2D eigenvalue weighted by atomic mass is 10.0. The van der Waals surface area contributed by atoms with Gasteiger partial charge in [-0.2, -0.15) is 0 Å². The Balaban J connectivity index is 2.50. The summed E-state index contributed by atoms with van der Waals surface area (Å²) in [5.74, 6) is 0. The van der Waals surface area contributed by atoms with Crippen LogP contribution in [0.25, 0.3) is 11.1 Å². The number of aryl methyl sites for hydroxylation is 2. The summed E-state index contributed by atoms with van der Waals surface area (Å²) in [7, 11) is 0. The molecule has 0 fully saturated rings. The molecular weight excluding hydrogens is 232 g/mol. The van der Waals surface area contributed by atoms with Crippen molar-refractivity contribution in [1.29, 1.82) is 0 Å². The van der Waals surface area contributed by atoms with E-state index in [4.69, 9.17) is 0 Å². The minimum atomic E-state index is 1.03. The Hall–Kier alpha value is -0.860. The lowest BCUT2D eigenvalue weighted by Crippen LogP contribution is -1.83. The van der Waals surface area contributed by atoms with Gasteiger partial charge in [0.1, 0.15) is 0 Å². The van der Waals surface area contributed by atoms with Gasteiger partial charge in [0.05, 0.1) is 0 Å². The van der Waals surface area contributed by atoms with Crippen LogP contribution in [0.3, 0.4) is 0 Å². The maximum atomic E-state index is 4.38. The third-order valence-electron chi connectivity index (χ3n) is 2.73. The van der Waals surface area contributed by atoms with Crippen LogP contribution in [0.15, 0.2) is 46.2 Å². The van der Waals surface area contributed by atoms with Crippen LogP contribution in [0.2, 0.25) is 0 Å². The molecule has 82 valence electrons. The molecule has 0 amide bonds. The predicted octanol–water partition coefficient (Wildman–Crippen LogP) is 4.55. The average Bonchev–Trinajstić information content (AvgIpc) is 2.26. The van der Waals surface area contributed by atoms with Gasteiger partial charge < -0.3 is 0 Å². The Morgan fingerprint density at radius 1 is 0.688 bits per heavy atom. The van der Waals surface area contributed by atoms with Crippen molar-refractivity contribution in [1.82, 2.24) is 0 Å². The van der Waals surface area contributed by atoms with Gasteiger partial charge in [0.15, 0.2) is 0 Å². The maximum Gasteiger partial charge on any atom is 0.00696 e. The number of hydrogen-bond donors (Lipinski definition) is 2. The highest BCUT2D eigenvalue weighted by Gasteiger charge is 2.01. The smallest absolute Gasteiger partial charge is 0.00696 e. The molecule has 2 aromatic rings. The molecule has 0 aromatic heterocycles. The highest BCUT2D eigenvalue weighted by molar-refractivity contribution is 7.80. The summed E-state index contributed by atoms with van der Waals surface area (Å²) in [4.78, 5) is 2.07. The molecule has 0 aliphatic rings. The average molecular weight is 246 g/mol. The first-order valence-corrected chi connectivity index (χ1v) is 6.07. The molecule has 16 heavy (non-hydrogen) atoms. The standard InChI is InChI=1S/C14H14S2/c1-9-7-11(3-5-13(9)15)12-4-6-14(16)10(2)8-12/h3-8,15-16H,1-2H3. The molecule has 0 heterocycles. The number of rotatable bonds is 1. The van der Waals surface area contributed by atoms with Crippen molar-refractivity contribution in [3.05, 3.63) is 47.5 Å². The molecule has 0 unspecified atom stereocenters. The Morgan fingerprint density at radius 2 is 1.06 bits per heavy atom.